The van der Waals surface area contributed by atoms with Gasteiger partial charge in [0, 0.05) is 25.7 Å². The third-order valence-electron chi connectivity index (χ3n) is 4.16. The van der Waals surface area contributed by atoms with Crippen molar-refractivity contribution in [1.82, 2.24) is 14.9 Å². The van der Waals surface area contributed by atoms with Crippen molar-refractivity contribution >= 4 is 27.5 Å². The molecule has 2 N–H and O–H groups in total. The van der Waals surface area contributed by atoms with Crippen LogP contribution in [0.3, 0.4) is 0 Å². The summed E-state index contributed by atoms with van der Waals surface area (Å²) < 4.78 is 33.2. The molecule has 0 bridgehead atoms. The molecule has 1 amide bonds. The zero-order valence-corrected chi connectivity index (χ0v) is 16.2. The van der Waals surface area contributed by atoms with E-state index in [1.54, 1.807) is 14.1 Å². The number of ether oxygens (including phenoxy) is 1. The van der Waals surface area contributed by atoms with E-state index in [0.29, 0.717) is 12.5 Å². The highest BCUT2D eigenvalue weighted by atomic mass is 35.5. The lowest BCUT2D eigenvalue weighted by Crippen LogP contribution is -2.28. The Bertz CT molecular complexity index is 731. The fraction of sp³-hybridized carbons (Fsp3) is 0.562. The van der Waals surface area contributed by atoms with E-state index in [0.717, 1.165) is 25.9 Å². The van der Waals surface area contributed by atoms with Crippen LogP contribution in [0.2, 0.25) is 5.02 Å². The lowest BCUT2D eigenvalue weighted by molar-refractivity contribution is 0.0824. The van der Waals surface area contributed by atoms with Gasteiger partial charge in [-0.05, 0) is 44.0 Å². The van der Waals surface area contributed by atoms with Gasteiger partial charge < -0.3 is 15.0 Å². The minimum absolute atomic E-state index is 0.00173. The predicted molar refractivity (Wildman–Crippen MR) is 96.8 cm³/mol. The van der Waals surface area contributed by atoms with Gasteiger partial charge in [0.2, 0.25) is 10.0 Å². The van der Waals surface area contributed by atoms with Crippen LogP contribution in [0.4, 0.5) is 0 Å². The second-order valence-electron chi connectivity index (χ2n) is 6.23. The zero-order valence-electron chi connectivity index (χ0n) is 14.6. The SMILES string of the molecule is COc1c(C(=O)N(C)C)cc(Cl)cc1S(=O)(=O)NCCC1CCNC1. The first-order valence-corrected chi connectivity index (χ1v) is 9.92. The summed E-state index contributed by atoms with van der Waals surface area (Å²) in [6.45, 7) is 2.19. The first-order chi connectivity index (χ1) is 11.8. The number of rotatable bonds is 7. The summed E-state index contributed by atoms with van der Waals surface area (Å²) in [7, 11) is 0.631. The molecule has 1 fully saturated rings. The minimum Gasteiger partial charge on any atom is -0.494 e. The normalized spacial score (nSPS) is 17.5. The van der Waals surface area contributed by atoms with Gasteiger partial charge in [-0.3, -0.25) is 4.79 Å². The van der Waals surface area contributed by atoms with Crippen LogP contribution in [-0.2, 0) is 10.0 Å². The molecule has 0 saturated carbocycles. The van der Waals surface area contributed by atoms with Gasteiger partial charge in [0.15, 0.2) is 5.75 Å². The molecule has 1 aromatic rings. The quantitative estimate of drug-likeness (QED) is 0.734. The predicted octanol–water partition coefficient (Wildman–Crippen LogP) is 1.33. The molecule has 1 aromatic carbocycles. The second kappa shape index (κ2) is 8.35. The Labute approximate surface area is 153 Å². The number of nitrogens with zero attached hydrogens (tertiary/aromatic N) is 1. The first-order valence-electron chi connectivity index (χ1n) is 8.06. The molecule has 0 aliphatic carbocycles. The van der Waals surface area contributed by atoms with Gasteiger partial charge in [0.1, 0.15) is 4.90 Å². The third kappa shape index (κ3) is 4.84. The summed E-state index contributed by atoms with van der Waals surface area (Å²) in [4.78, 5) is 13.5. The number of sulfonamides is 1. The van der Waals surface area contributed by atoms with Gasteiger partial charge in [-0.25, -0.2) is 13.1 Å². The van der Waals surface area contributed by atoms with Gasteiger partial charge in [0.25, 0.3) is 5.91 Å². The average Bonchev–Trinajstić information content (AvgIpc) is 3.06. The number of halogens is 1. The molecule has 1 saturated heterocycles. The number of benzene rings is 1. The Hall–Kier alpha value is -1.35. The lowest BCUT2D eigenvalue weighted by atomic mass is 10.1. The summed E-state index contributed by atoms with van der Waals surface area (Å²) in [5.41, 5.74) is 0.111. The molecular formula is C16H24ClN3O4S. The molecule has 0 aromatic heterocycles. The molecule has 1 aliphatic heterocycles. The van der Waals surface area contributed by atoms with Gasteiger partial charge in [0.05, 0.1) is 12.7 Å². The fourth-order valence-electron chi connectivity index (χ4n) is 2.81. The van der Waals surface area contributed by atoms with Gasteiger partial charge in [-0.2, -0.15) is 0 Å². The highest BCUT2D eigenvalue weighted by Crippen LogP contribution is 2.32. The van der Waals surface area contributed by atoms with Gasteiger partial charge in [-0.15, -0.1) is 0 Å². The van der Waals surface area contributed by atoms with E-state index in [-0.39, 0.29) is 27.1 Å². The molecule has 1 unspecified atom stereocenters. The molecule has 25 heavy (non-hydrogen) atoms. The number of hydrogen-bond acceptors (Lipinski definition) is 5. The number of hydrogen-bond donors (Lipinski definition) is 2. The number of amides is 1. The van der Waals surface area contributed by atoms with Crippen molar-refractivity contribution < 1.29 is 17.9 Å². The van der Waals surface area contributed by atoms with Crippen molar-refractivity contribution in [3.63, 3.8) is 0 Å². The van der Waals surface area contributed by atoms with Gasteiger partial charge in [-0.1, -0.05) is 11.6 Å². The van der Waals surface area contributed by atoms with E-state index < -0.39 is 10.0 Å². The second-order valence-corrected chi connectivity index (χ2v) is 8.40. The van der Waals surface area contributed by atoms with Crippen LogP contribution in [0.1, 0.15) is 23.2 Å². The van der Waals surface area contributed by atoms with E-state index in [2.05, 4.69) is 10.0 Å². The number of carbonyl (C=O) groups is 1. The van der Waals surface area contributed by atoms with Crippen LogP contribution in [0.25, 0.3) is 0 Å². The molecule has 0 spiro atoms. The maximum Gasteiger partial charge on any atom is 0.257 e. The van der Waals surface area contributed by atoms with Crippen molar-refractivity contribution in [3.05, 3.63) is 22.7 Å². The summed E-state index contributed by atoms with van der Waals surface area (Å²) in [6, 6.07) is 2.71. The molecule has 2 rings (SSSR count). The smallest absolute Gasteiger partial charge is 0.257 e. The maximum absolute atomic E-state index is 12.7. The lowest BCUT2D eigenvalue weighted by Gasteiger charge is -2.17. The van der Waals surface area contributed by atoms with Crippen LogP contribution in [0.15, 0.2) is 17.0 Å². The average molecular weight is 390 g/mol. The summed E-state index contributed by atoms with van der Waals surface area (Å²) in [5.74, 6) is 0.0841. The van der Waals surface area contributed by atoms with Gasteiger partial charge >= 0.3 is 0 Å². The Kier molecular flexibility index (Phi) is 6.67. The van der Waals surface area contributed by atoms with E-state index in [4.69, 9.17) is 16.3 Å². The maximum atomic E-state index is 12.7. The number of carbonyl (C=O) groups excluding carboxylic acids is 1. The molecule has 9 heteroatoms. The van der Waals surface area contributed by atoms with E-state index in [9.17, 15) is 13.2 Å². The van der Waals surface area contributed by atoms with Crippen LogP contribution >= 0.6 is 11.6 Å². The van der Waals surface area contributed by atoms with E-state index in [1.807, 2.05) is 0 Å². The van der Waals surface area contributed by atoms with Crippen LogP contribution in [-0.4, -0.2) is 60.1 Å². The number of methoxy groups -OCH3 is 1. The van der Waals surface area contributed by atoms with Crippen LogP contribution < -0.4 is 14.8 Å². The van der Waals surface area contributed by atoms with E-state index >= 15 is 0 Å². The molecule has 1 aliphatic rings. The Morgan fingerprint density at radius 3 is 2.72 bits per heavy atom. The highest BCUT2D eigenvalue weighted by Gasteiger charge is 2.26. The monoisotopic (exact) mass is 389 g/mol. The Morgan fingerprint density at radius 1 is 1.44 bits per heavy atom. The van der Waals surface area contributed by atoms with Crippen molar-refractivity contribution in [1.29, 1.82) is 0 Å². The zero-order chi connectivity index (χ0) is 18.6. The van der Waals surface area contributed by atoms with E-state index in [1.165, 1.54) is 24.1 Å². The minimum atomic E-state index is -3.85. The van der Waals surface area contributed by atoms with Crippen LogP contribution in [0.5, 0.6) is 5.75 Å². The number of nitrogens with one attached hydrogen (secondary N) is 2. The molecule has 140 valence electrons. The Morgan fingerprint density at radius 2 is 2.16 bits per heavy atom. The molecule has 0 radical (unpaired) electrons. The first kappa shape index (κ1) is 20.0. The fourth-order valence-corrected chi connectivity index (χ4v) is 4.36. The summed E-state index contributed by atoms with van der Waals surface area (Å²) in [6.07, 6.45) is 1.79. The molecule has 1 atom stereocenters. The molecule has 7 nitrogen and oxygen atoms in total. The topological polar surface area (TPSA) is 87.7 Å². The Balaban J connectivity index is 2.27. The van der Waals surface area contributed by atoms with Crippen molar-refractivity contribution in [3.8, 4) is 5.75 Å². The molecular weight excluding hydrogens is 366 g/mol. The molecule has 1 heterocycles. The van der Waals surface area contributed by atoms with Crippen molar-refractivity contribution in [2.24, 2.45) is 5.92 Å². The summed E-state index contributed by atoms with van der Waals surface area (Å²) >= 11 is 6.04. The largest absolute Gasteiger partial charge is 0.494 e. The third-order valence-corrected chi connectivity index (χ3v) is 5.84. The van der Waals surface area contributed by atoms with Crippen molar-refractivity contribution in [2.75, 3.05) is 40.8 Å². The van der Waals surface area contributed by atoms with Crippen LogP contribution in [0, 0.1) is 5.92 Å². The standard InChI is InChI=1S/C16H24ClN3O4S/c1-20(2)16(21)13-8-12(17)9-14(15(13)24-3)25(22,23)19-7-5-11-4-6-18-10-11/h8-9,11,18-19H,4-7,10H2,1-3H3. The highest BCUT2D eigenvalue weighted by molar-refractivity contribution is 7.89. The summed E-state index contributed by atoms with van der Waals surface area (Å²) in [5, 5.41) is 3.41. The van der Waals surface area contributed by atoms with Crippen molar-refractivity contribution in [2.45, 2.75) is 17.7 Å².